The molecule has 6 nitrogen and oxygen atoms in total. The lowest BCUT2D eigenvalue weighted by Gasteiger charge is -2.13. The molecule has 0 atom stereocenters. The zero-order valence-electron chi connectivity index (χ0n) is 11.9. The molecule has 0 saturated carbocycles. The van der Waals surface area contributed by atoms with Gasteiger partial charge in [0.1, 0.15) is 9.79 Å². The van der Waals surface area contributed by atoms with Gasteiger partial charge in [0, 0.05) is 5.39 Å². The van der Waals surface area contributed by atoms with Gasteiger partial charge in [-0.05, 0) is 46.8 Å². The van der Waals surface area contributed by atoms with E-state index in [1.54, 1.807) is 18.2 Å². The molecule has 0 bridgehead atoms. The summed E-state index contributed by atoms with van der Waals surface area (Å²) >= 11 is 0. The van der Waals surface area contributed by atoms with Crippen LogP contribution in [0.1, 0.15) is 5.56 Å². The highest BCUT2D eigenvalue weighted by Crippen LogP contribution is 2.35. The van der Waals surface area contributed by atoms with Gasteiger partial charge in [0.2, 0.25) is 0 Å². The minimum absolute atomic E-state index is 0.0305. The molecule has 0 radical (unpaired) electrons. The first kappa shape index (κ1) is 15.9. The molecule has 0 saturated heterocycles. The Labute approximate surface area is 132 Å². The molecule has 2 N–H and O–H groups in total. The minimum Gasteiger partial charge on any atom is -0.282 e. The number of hydrogen-bond acceptors (Lipinski definition) is 4. The molecule has 0 unspecified atom stereocenters. The van der Waals surface area contributed by atoms with Crippen molar-refractivity contribution in [2.24, 2.45) is 0 Å². The Bertz CT molecular complexity index is 1160. The molecule has 0 fully saturated rings. The Hall–Kier alpha value is -2.00. The van der Waals surface area contributed by atoms with E-state index < -0.39 is 30.0 Å². The number of benzene rings is 3. The van der Waals surface area contributed by atoms with Crippen LogP contribution in [0.2, 0.25) is 0 Å². The molecule has 0 amide bonds. The van der Waals surface area contributed by atoms with Crippen molar-refractivity contribution in [3.05, 3.63) is 48.0 Å². The van der Waals surface area contributed by atoms with Crippen LogP contribution >= 0.6 is 0 Å². The summed E-state index contributed by atoms with van der Waals surface area (Å²) in [5.74, 6) is 0. The largest absolute Gasteiger partial charge is 0.296 e. The minimum atomic E-state index is -4.87. The quantitative estimate of drug-likeness (QED) is 0.542. The maximum absolute atomic E-state index is 11.8. The van der Waals surface area contributed by atoms with Gasteiger partial charge in [-0.3, -0.25) is 9.11 Å². The highest BCUT2D eigenvalue weighted by atomic mass is 32.2. The second kappa shape index (κ2) is 5.00. The Kier molecular flexibility index (Phi) is 3.45. The van der Waals surface area contributed by atoms with Gasteiger partial charge >= 0.3 is 0 Å². The van der Waals surface area contributed by atoms with Crippen LogP contribution in [-0.4, -0.2) is 25.9 Å². The van der Waals surface area contributed by atoms with Crippen molar-refractivity contribution in [1.82, 2.24) is 0 Å². The second-order valence-electron chi connectivity index (χ2n) is 5.22. The predicted octanol–water partition coefficient (Wildman–Crippen LogP) is 2.79. The van der Waals surface area contributed by atoms with Gasteiger partial charge in [0.15, 0.2) is 0 Å². The SMILES string of the molecule is Cc1cc2cc3ccccc3cc2c(S(=O)(=O)O)c1S(=O)(=O)O. The first-order valence-corrected chi connectivity index (χ1v) is 9.38. The summed E-state index contributed by atoms with van der Waals surface area (Å²) < 4.78 is 65.7. The van der Waals surface area contributed by atoms with Crippen molar-refractivity contribution < 1.29 is 25.9 Å². The molecule has 120 valence electrons. The first-order valence-electron chi connectivity index (χ1n) is 6.50. The summed E-state index contributed by atoms with van der Waals surface area (Å²) in [4.78, 5) is -1.61. The van der Waals surface area contributed by atoms with E-state index in [4.69, 9.17) is 0 Å². The van der Waals surface area contributed by atoms with E-state index in [-0.39, 0.29) is 10.9 Å². The molecular formula is C15H12O6S2. The Morgan fingerprint density at radius 1 is 0.739 bits per heavy atom. The lowest BCUT2D eigenvalue weighted by molar-refractivity contribution is 0.467. The fourth-order valence-corrected chi connectivity index (χ4v) is 5.04. The number of rotatable bonds is 2. The number of aryl methyl sites for hydroxylation is 1. The maximum atomic E-state index is 11.8. The standard InChI is InChI=1S/C15H12O6S2/c1-9-6-12-7-10-4-2-3-5-11(10)8-13(12)15(23(19,20)21)14(9)22(16,17)18/h2-8H,1H3,(H,16,17,18)(H,19,20,21). The summed E-state index contributed by atoms with van der Waals surface area (Å²) in [5, 5.41) is 1.99. The predicted molar refractivity (Wildman–Crippen MR) is 85.8 cm³/mol. The van der Waals surface area contributed by atoms with Crippen LogP contribution < -0.4 is 0 Å². The molecule has 0 aliphatic rings. The average Bonchev–Trinajstić information content (AvgIpc) is 2.41. The zero-order valence-corrected chi connectivity index (χ0v) is 13.5. The van der Waals surface area contributed by atoms with Crippen LogP contribution in [0.25, 0.3) is 21.5 Å². The Morgan fingerprint density at radius 2 is 1.26 bits per heavy atom. The molecule has 3 aromatic carbocycles. The van der Waals surface area contributed by atoms with E-state index in [2.05, 4.69) is 0 Å². The third kappa shape index (κ3) is 2.70. The summed E-state index contributed by atoms with van der Waals surface area (Å²) in [6, 6.07) is 11.8. The topological polar surface area (TPSA) is 109 Å². The van der Waals surface area contributed by atoms with Crippen LogP contribution in [0.4, 0.5) is 0 Å². The smallest absolute Gasteiger partial charge is 0.282 e. The van der Waals surface area contributed by atoms with Crippen molar-refractivity contribution >= 4 is 41.8 Å². The molecule has 8 heteroatoms. The Morgan fingerprint density at radius 3 is 1.78 bits per heavy atom. The van der Waals surface area contributed by atoms with E-state index in [1.807, 2.05) is 12.1 Å². The molecule has 0 heterocycles. The highest BCUT2D eigenvalue weighted by molar-refractivity contribution is 7.89. The van der Waals surface area contributed by atoms with E-state index in [1.165, 1.54) is 19.1 Å². The third-order valence-electron chi connectivity index (χ3n) is 3.61. The van der Waals surface area contributed by atoms with Crippen molar-refractivity contribution in [2.75, 3.05) is 0 Å². The third-order valence-corrected chi connectivity index (χ3v) is 5.73. The van der Waals surface area contributed by atoms with Gasteiger partial charge in [-0.1, -0.05) is 24.3 Å². The van der Waals surface area contributed by atoms with Crippen molar-refractivity contribution in [2.45, 2.75) is 16.7 Å². The zero-order chi connectivity index (χ0) is 17.0. The number of fused-ring (bicyclic) bond motifs is 2. The van der Waals surface area contributed by atoms with Gasteiger partial charge < -0.3 is 0 Å². The first-order chi connectivity index (χ1) is 10.6. The Balaban J connectivity index is 2.66. The van der Waals surface area contributed by atoms with Crippen molar-refractivity contribution in [3.8, 4) is 0 Å². The van der Waals surface area contributed by atoms with Gasteiger partial charge in [-0.2, -0.15) is 16.8 Å². The summed E-state index contributed by atoms with van der Waals surface area (Å²) in [6.07, 6.45) is 0. The van der Waals surface area contributed by atoms with Crippen LogP contribution in [0.5, 0.6) is 0 Å². The van der Waals surface area contributed by atoms with Crippen LogP contribution in [-0.2, 0) is 20.2 Å². The molecule has 23 heavy (non-hydrogen) atoms. The van der Waals surface area contributed by atoms with Gasteiger partial charge in [-0.15, -0.1) is 0 Å². The molecule has 0 aliphatic carbocycles. The van der Waals surface area contributed by atoms with Crippen LogP contribution in [0, 0.1) is 6.92 Å². The summed E-state index contributed by atoms with van der Waals surface area (Å²) in [5.41, 5.74) is 0.0305. The molecule has 0 aliphatic heterocycles. The van der Waals surface area contributed by atoms with E-state index >= 15 is 0 Å². The van der Waals surface area contributed by atoms with Gasteiger partial charge in [0.05, 0.1) is 0 Å². The normalized spacial score (nSPS) is 12.8. The fraction of sp³-hybridized carbons (Fsp3) is 0.0667. The lowest BCUT2D eigenvalue weighted by atomic mass is 10.0. The van der Waals surface area contributed by atoms with Gasteiger partial charge in [-0.25, -0.2) is 0 Å². The second-order valence-corrected chi connectivity index (χ2v) is 7.94. The maximum Gasteiger partial charge on any atom is 0.296 e. The van der Waals surface area contributed by atoms with Crippen molar-refractivity contribution in [1.29, 1.82) is 0 Å². The lowest BCUT2D eigenvalue weighted by Crippen LogP contribution is -2.11. The summed E-state index contributed by atoms with van der Waals surface area (Å²) in [7, 11) is -9.70. The average molecular weight is 352 g/mol. The van der Waals surface area contributed by atoms with Crippen LogP contribution in [0.15, 0.2) is 52.3 Å². The molecule has 3 aromatic rings. The van der Waals surface area contributed by atoms with Gasteiger partial charge in [0.25, 0.3) is 20.2 Å². The molecule has 3 rings (SSSR count). The van der Waals surface area contributed by atoms with E-state index in [9.17, 15) is 25.9 Å². The van der Waals surface area contributed by atoms with Crippen molar-refractivity contribution in [3.63, 3.8) is 0 Å². The summed E-state index contributed by atoms with van der Waals surface area (Å²) in [6.45, 7) is 1.35. The van der Waals surface area contributed by atoms with Crippen LogP contribution in [0.3, 0.4) is 0 Å². The monoisotopic (exact) mass is 352 g/mol. The van der Waals surface area contributed by atoms with E-state index in [0.29, 0.717) is 10.8 Å². The number of hydrogen-bond donors (Lipinski definition) is 2. The molecule has 0 spiro atoms. The molecular weight excluding hydrogens is 340 g/mol. The molecule has 0 aromatic heterocycles. The van der Waals surface area contributed by atoms with E-state index in [0.717, 1.165) is 5.39 Å². The highest BCUT2D eigenvalue weighted by Gasteiger charge is 2.29. The fourth-order valence-electron chi connectivity index (χ4n) is 2.75.